The monoisotopic (exact) mass is 1160 g/mol. The Morgan fingerprint density at radius 2 is 0.586 bits per heavy atom. The maximum absolute atomic E-state index is 5.34. The molecule has 0 heterocycles. The van der Waals surface area contributed by atoms with Crippen molar-refractivity contribution in [1.82, 2.24) is 0 Å². The van der Waals surface area contributed by atoms with Gasteiger partial charge < -0.3 is 42.6 Å². The normalized spacial score (nSPS) is 13.0. The first-order valence-corrected chi connectivity index (χ1v) is 28.7. The van der Waals surface area contributed by atoms with Gasteiger partial charge in [0.25, 0.3) is 0 Å². The van der Waals surface area contributed by atoms with Crippen LogP contribution in [-0.2, 0) is 12.8 Å². The number of nitrogens with zero attached hydrogens (tertiary/aromatic N) is 4. The number of benzene rings is 9. The van der Waals surface area contributed by atoms with Crippen LogP contribution in [-0.4, -0.2) is 86.8 Å². The van der Waals surface area contributed by atoms with Gasteiger partial charge in [-0.15, -0.1) is 0 Å². The summed E-state index contributed by atoms with van der Waals surface area (Å²) >= 11 is 0. The zero-order valence-corrected chi connectivity index (χ0v) is 51.3. The molecule has 0 N–H and O–H groups in total. The van der Waals surface area contributed by atoms with Crippen LogP contribution in [0.3, 0.4) is 0 Å². The van der Waals surface area contributed by atoms with E-state index in [1.165, 1.54) is 22.3 Å². The summed E-state index contributed by atoms with van der Waals surface area (Å²) in [5, 5.41) is 0. The van der Waals surface area contributed by atoms with Gasteiger partial charge in [-0.1, -0.05) is 6.07 Å². The molecule has 0 saturated heterocycles. The number of methoxy groups -OCH3 is 9. The Morgan fingerprint density at radius 3 is 0.989 bits per heavy atom. The standard InChI is InChI=1S/C22H21NO3.2C18H19NO2.C16H17NO2/c1-24-19-10-4-16(5-11-19)22(17-6-12-20(25-2)13-7-17)23-18-8-14-21(26-3)15-9-18;1-20-15-10-7-14(8-11-15)19-18-5-3-4-13-6-9-16(21-2)12-17(13)18;1-20-15-8-6-14(7-9-15)19-18-5-3-4-13-12-16(21-2)10-11-17(13)18;1-12(13-4-8-15(18-2)9-5-13)17-14-6-10-16(19-3)11-7-14/h4-15H,1-3H3;2*6-12H,3-5H2,1-2H3;4-11H,1-3H3. The number of fused-ring (bicyclic) bond motifs is 2. The SMILES string of the molecule is COc1ccc(N=C(C)c2ccc(OC)cc2)cc1.COc1ccc(N=C(c2ccc(OC)cc2)c2ccc(OC)cc2)cc1.COc1ccc(N=C2CCCc3cc(OC)ccc32)cc1.COc1ccc(N=C2CCCc3ccc(OC)cc32)cc1. The van der Waals surface area contributed by atoms with Gasteiger partial charge in [0, 0.05) is 33.8 Å². The second-order valence-corrected chi connectivity index (χ2v) is 20.0. The molecular formula is C74H76N4O9. The lowest BCUT2D eigenvalue weighted by atomic mass is 9.90. The first kappa shape index (κ1) is 62.9. The highest BCUT2D eigenvalue weighted by molar-refractivity contribution is 6.14. The molecule has 0 atom stereocenters. The smallest absolute Gasteiger partial charge is 0.119 e. The third-order valence-corrected chi connectivity index (χ3v) is 14.6. The minimum absolute atomic E-state index is 0.805. The minimum atomic E-state index is 0.805. The van der Waals surface area contributed by atoms with Crippen LogP contribution in [0.25, 0.3) is 0 Å². The van der Waals surface area contributed by atoms with E-state index in [4.69, 9.17) is 57.6 Å². The summed E-state index contributed by atoms with van der Waals surface area (Å²) in [5.41, 5.74) is 16.1. The number of aliphatic imine (C=N–C) groups is 4. The van der Waals surface area contributed by atoms with Crippen LogP contribution < -0.4 is 42.6 Å². The lowest BCUT2D eigenvalue weighted by molar-refractivity contribution is 0.414. The Labute approximate surface area is 512 Å². The fourth-order valence-corrected chi connectivity index (χ4v) is 9.70. The minimum Gasteiger partial charge on any atom is -0.497 e. The van der Waals surface area contributed by atoms with Gasteiger partial charge in [-0.05, 0) is 268 Å². The van der Waals surface area contributed by atoms with Gasteiger partial charge in [-0.25, -0.2) is 4.99 Å². The van der Waals surface area contributed by atoms with Gasteiger partial charge in [0.15, 0.2) is 0 Å². The fraction of sp³-hybridized carbons (Fsp3) is 0.216. The average Bonchev–Trinajstić information content (AvgIpc) is 2.84. The van der Waals surface area contributed by atoms with Crippen LogP contribution in [0.1, 0.15) is 71.6 Å². The Hall–Kier alpha value is -10.1. The zero-order chi connectivity index (χ0) is 61.3. The van der Waals surface area contributed by atoms with Crippen molar-refractivity contribution in [3.8, 4) is 51.7 Å². The summed E-state index contributed by atoms with van der Waals surface area (Å²) in [6.07, 6.45) is 6.51. The van der Waals surface area contributed by atoms with E-state index in [1.807, 2.05) is 189 Å². The van der Waals surface area contributed by atoms with E-state index < -0.39 is 0 Å². The second-order valence-electron chi connectivity index (χ2n) is 20.0. The van der Waals surface area contributed by atoms with Crippen molar-refractivity contribution in [3.05, 3.63) is 245 Å². The molecule has 13 heteroatoms. The summed E-state index contributed by atoms with van der Waals surface area (Å²) in [7, 11) is 15.0. The van der Waals surface area contributed by atoms with Crippen LogP contribution in [0.15, 0.2) is 226 Å². The quantitative estimate of drug-likeness (QED) is 0.0867. The topological polar surface area (TPSA) is 133 Å². The summed E-state index contributed by atoms with van der Waals surface area (Å²) in [6.45, 7) is 1.99. The molecule has 13 nitrogen and oxygen atoms in total. The van der Waals surface area contributed by atoms with E-state index in [0.717, 1.165) is 153 Å². The number of ether oxygens (including phenoxy) is 9. The van der Waals surface area contributed by atoms with Crippen molar-refractivity contribution in [1.29, 1.82) is 0 Å². The van der Waals surface area contributed by atoms with Gasteiger partial charge >= 0.3 is 0 Å². The summed E-state index contributed by atoms with van der Waals surface area (Å²) < 4.78 is 47.0. The van der Waals surface area contributed by atoms with Crippen molar-refractivity contribution < 1.29 is 42.6 Å². The summed E-state index contributed by atoms with van der Waals surface area (Å²) in [4.78, 5) is 19.1. The largest absolute Gasteiger partial charge is 0.497 e. The van der Waals surface area contributed by atoms with Gasteiger partial charge in [-0.2, -0.15) is 0 Å². The number of rotatable bonds is 16. The van der Waals surface area contributed by atoms with Crippen LogP contribution in [0.2, 0.25) is 0 Å². The predicted molar refractivity (Wildman–Crippen MR) is 352 cm³/mol. The first-order valence-electron chi connectivity index (χ1n) is 28.7. The zero-order valence-electron chi connectivity index (χ0n) is 51.3. The second kappa shape index (κ2) is 32.2. The molecule has 0 bridgehead atoms. The van der Waals surface area contributed by atoms with Crippen molar-refractivity contribution in [2.45, 2.75) is 45.4 Å². The molecule has 0 saturated carbocycles. The molecule has 2 aliphatic rings. The Bertz CT molecular complexity index is 3680. The Balaban J connectivity index is 0.000000151. The molecule has 0 fully saturated rings. The Morgan fingerprint density at radius 1 is 0.276 bits per heavy atom. The maximum Gasteiger partial charge on any atom is 0.119 e. The van der Waals surface area contributed by atoms with E-state index in [2.05, 4.69) is 29.3 Å². The number of hydrogen-bond acceptors (Lipinski definition) is 13. The third-order valence-electron chi connectivity index (χ3n) is 14.6. The van der Waals surface area contributed by atoms with Crippen LogP contribution >= 0.6 is 0 Å². The van der Waals surface area contributed by atoms with Crippen molar-refractivity contribution >= 4 is 45.6 Å². The molecule has 0 radical (unpaired) electrons. The molecule has 9 aromatic carbocycles. The highest BCUT2D eigenvalue weighted by Crippen LogP contribution is 2.31. The molecule has 2 aliphatic carbocycles. The molecule has 0 spiro atoms. The first-order chi connectivity index (χ1) is 42.5. The predicted octanol–water partition coefficient (Wildman–Crippen LogP) is 17.0. The Kier molecular flexibility index (Phi) is 23.3. The van der Waals surface area contributed by atoms with Gasteiger partial charge in [-0.3, -0.25) is 15.0 Å². The highest BCUT2D eigenvalue weighted by atomic mass is 16.5. The van der Waals surface area contributed by atoms with E-state index in [9.17, 15) is 0 Å². The molecule has 87 heavy (non-hydrogen) atoms. The highest BCUT2D eigenvalue weighted by Gasteiger charge is 2.18. The third kappa shape index (κ3) is 17.9. The van der Waals surface area contributed by atoms with Crippen LogP contribution in [0, 0.1) is 0 Å². The van der Waals surface area contributed by atoms with E-state index in [-0.39, 0.29) is 0 Å². The van der Waals surface area contributed by atoms with Crippen molar-refractivity contribution in [2.75, 3.05) is 64.0 Å². The molecule has 9 aromatic rings. The van der Waals surface area contributed by atoms with Gasteiger partial charge in [0.2, 0.25) is 0 Å². The summed E-state index contributed by atoms with van der Waals surface area (Å²) in [6, 6.07) is 67.2. The van der Waals surface area contributed by atoms with E-state index in [1.54, 1.807) is 64.0 Å². The average molecular weight is 1170 g/mol. The molecule has 0 unspecified atom stereocenters. The molecule has 446 valence electrons. The molecule has 0 aromatic heterocycles. The molecular weight excluding hydrogens is 1090 g/mol. The lowest BCUT2D eigenvalue weighted by Crippen LogP contribution is -2.11. The van der Waals surface area contributed by atoms with Crippen LogP contribution in [0.4, 0.5) is 22.7 Å². The lowest BCUT2D eigenvalue weighted by Gasteiger charge is -2.18. The fourth-order valence-electron chi connectivity index (χ4n) is 9.70. The van der Waals surface area contributed by atoms with Crippen molar-refractivity contribution in [3.63, 3.8) is 0 Å². The van der Waals surface area contributed by atoms with E-state index >= 15 is 0 Å². The van der Waals surface area contributed by atoms with Crippen molar-refractivity contribution in [2.24, 2.45) is 20.0 Å². The van der Waals surface area contributed by atoms with Gasteiger partial charge in [0.1, 0.15) is 51.7 Å². The molecule has 11 rings (SSSR count). The summed E-state index contributed by atoms with van der Waals surface area (Å²) in [5.74, 6) is 7.62. The van der Waals surface area contributed by atoms with Crippen LogP contribution in [0.5, 0.6) is 51.7 Å². The van der Waals surface area contributed by atoms with E-state index in [0.29, 0.717) is 0 Å². The molecule has 0 aliphatic heterocycles. The van der Waals surface area contributed by atoms with Gasteiger partial charge in [0.05, 0.1) is 92.4 Å². The maximum atomic E-state index is 5.34. The number of hydrogen-bond donors (Lipinski definition) is 0. The molecule has 0 amide bonds. The number of aryl methyl sites for hydroxylation is 2.